The number of amides is 2. The van der Waals surface area contributed by atoms with Crippen molar-refractivity contribution in [2.75, 3.05) is 24.9 Å². The third-order valence-corrected chi connectivity index (χ3v) is 6.00. The standard InChI is InChI=1S/C26H27N3O6/c1-14-11-17(14)25(31)29-21-13-23(34-4)22(33-3)12-18(21)26(32)35-15(2)24(30)28-20-9-5-8-19-16(20)7-6-10-27-19/h5-10,12-15,17H,11H2,1-4H3,(H,28,30)(H,29,31). The highest BCUT2D eigenvalue weighted by Gasteiger charge is 2.39. The zero-order valence-corrected chi connectivity index (χ0v) is 20.0. The van der Waals surface area contributed by atoms with E-state index in [1.165, 1.54) is 33.3 Å². The number of nitrogens with zero attached hydrogens (tertiary/aromatic N) is 1. The van der Waals surface area contributed by atoms with Crippen LogP contribution in [0.3, 0.4) is 0 Å². The van der Waals surface area contributed by atoms with Crippen LogP contribution in [-0.2, 0) is 14.3 Å². The van der Waals surface area contributed by atoms with Crippen molar-refractivity contribution < 1.29 is 28.6 Å². The van der Waals surface area contributed by atoms with Gasteiger partial charge in [-0.15, -0.1) is 0 Å². The average molecular weight is 478 g/mol. The van der Waals surface area contributed by atoms with E-state index in [1.54, 1.807) is 24.4 Å². The molecule has 1 saturated carbocycles. The third kappa shape index (κ3) is 5.18. The number of fused-ring (bicyclic) bond motifs is 1. The highest BCUT2D eigenvalue weighted by molar-refractivity contribution is 6.06. The smallest absolute Gasteiger partial charge is 0.341 e. The summed E-state index contributed by atoms with van der Waals surface area (Å²) >= 11 is 0. The van der Waals surface area contributed by atoms with Crippen molar-refractivity contribution in [3.05, 3.63) is 54.2 Å². The minimum atomic E-state index is -1.12. The van der Waals surface area contributed by atoms with E-state index in [2.05, 4.69) is 15.6 Å². The molecule has 0 radical (unpaired) electrons. The van der Waals surface area contributed by atoms with Gasteiger partial charge in [-0.1, -0.05) is 13.0 Å². The average Bonchev–Trinajstić information content (AvgIpc) is 3.60. The van der Waals surface area contributed by atoms with E-state index < -0.39 is 18.0 Å². The van der Waals surface area contributed by atoms with Crippen LogP contribution in [0.2, 0.25) is 0 Å². The Labute approximate surface area is 202 Å². The Kier molecular flexibility index (Phi) is 6.86. The molecule has 1 aromatic heterocycles. The number of carbonyl (C=O) groups excluding carboxylic acids is 3. The first-order valence-electron chi connectivity index (χ1n) is 11.2. The van der Waals surface area contributed by atoms with Gasteiger partial charge in [0.15, 0.2) is 17.6 Å². The van der Waals surface area contributed by atoms with Crippen molar-refractivity contribution in [3.8, 4) is 11.5 Å². The fourth-order valence-corrected chi connectivity index (χ4v) is 3.79. The summed E-state index contributed by atoms with van der Waals surface area (Å²) in [4.78, 5) is 42.7. The van der Waals surface area contributed by atoms with Crippen molar-refractivity contribution in [1.82, 2.24) is 4.98 Å². The Morgan fingerprint density at radius 2 is 1.71 bits per heavy atom. The molecule has 2 amide bonds. The molecule has 2 aromatic carbocycles. The normalized spacial score (nSPS) is 17.3. The van der Waals surface area contributed by atoms with Gasteiger partial charge in [0.25, 0.3) is 5.91 Å². The summed E-state index contributed by atoms with van der Waals surface area (Å²) < 4.78 is 16.1. The molecular weight excluding hydrogens is 450 g/mol. The quantitative estimate of drug-likeness (QED) is 0.471. The van der Waals surface area contributed by atoms with Crippen molar-refractivity contribution in [1.29, 1.82) is 0 Å². The molecule has 0 saturated heterocycles. The second-order valence-corrected chi connectivity index (χ2v) is 8.47. The van der Waals surface area contributed by atoms with E-state index in [-0.39, 0.29) is 28.8 Å². The maximum atomic E-state index is 13.1. The van der Waals surface area contributed by atoms with Crippen LogP contribution in [0.15, 0.2) is 48.7 Å². The summed E-state index contributed by atoms with van der Waals surface area (Å²) in [6.07, 6.45) is 1.34. The van der Waals surface area contributed by atoms with Crippen LogP contribution in [0.4, 0.5) is 11.4 Å². The SMILES string of the molecule is COc1cc(NC(=O)C2CC2C)c(C(=O)OC(C)C(=O)Nc2cccc3ncccc23)cc1OC. The molecule has 1 fully saturated rings. The van der Waals surface area contributed by atoms with E-state index in [0.29, 0.717) is 17.4 Å². The van der Waals surface area contributed by atoms with Gasteiger partial charge in [-0.3, -0.25) is 14.6 Å². The van der Waals surface area contributed by atoms with Crippen molar-refractivity contribution >= 4 is 40.1 Å². The van der Waals surface area contributed by atoms with Gasteiger partial charge in [0.05, 0.1) is 36.7 Å². The lowest BCUT2D eigenvalue weighted by atomic mass is 10.1. The number of aromatic nitrogens is 1. The number of hydrogen-bond acceptors (Lipinski definition) is 7. The molecule has 182 valence electrons. The van der Waals surface area contributed by atoms with E-state index in [0.717, 1.165) is 17.3 Å². The fourth-order valence-electron chi connectivity index (χ4n) is 3.79. The van der Waals surface area contributed by atoms with Gasteiger partial charge in [-0.05, 0) is 43.5 Å². The number of pyridine rings is 1. The molecule has 0 bridgehead atoms. The lowest BCUT2D eigenvalue weighted by molar-refractivity contribution is -0.123. The Morgan fingerprint density at radius 3 is 2.40 bits per heavy atom. The molecular formula is C26H27N3O6. The Bertz CT molecular complexity index is 1290. The number of esters is 1. The second kappa shape index (κ2) is 10.0. The number of benzene rings is 2. The maximum absolute atomic E-state index is 13.1. The van der Waals surface area contributed by atoms with E-state index in [1.807, 2.05) is 19.1 Å². The number of nitrogens with one attached hydrogen (secondary N) is 2. The molecule has 0 spiro atoms. The number of methoxy groups -OCH3 is 2. The zero-order valence-electron chi connectivity index (χ0n) is 20.0. The number of rotatable bonds is 8. The van der Waals surface area contributed by atoms with E-state index in [9.17, 15) is 14.4 Å². The molecule has 4 rings (SSSR count). The number of carbonyl (C=O) groups is 3. The molecule has 9 heteroatoms. The lowest BCUT2D eigenvalue weighted by Gasteiger charge is -2.18. The van der Waals surface area contributed by atoms with E-state index >= 15 is 0 Å². The van der Waals surface area contributed by atoms with Crippen LogP contribution in [0.1, 0.15) is 30.6 Å². The first-order valence-corrected chi connectivity index (χ1v) is 11.2. The third-order valence-electron chi connectivity index (χ3n) is 6.00. The van der Waals surface area contributed by atoms with Crippen LogP contribution < -0.4 is 20.1 Å². The zero-order chi connectivity index (χ0) is 25.1. The Morgan fingerprint density at radius 1 is 1.00 bits per heavy atom. The van der Waals surface area contributed by atoms with Crippen LogP contribution in [0.25, 0.3) is 10.9 Å². The number of ether oxygens (including phenoxy) is 3. The highest BCUT2D eigenvalue weighted by Crippen LogP contribution is 2.40. The molecule has 1 heterocycles. The van der Waals surface area contributed by atoms with Gasteiger partial charge in [0, 0.05) is 29.6 Å². The largest absolute Gasteiger partial charge is 0.493 e. The molecule has 3 atom stereocenters. The fraction of sp³-hybridized carbons (Fsp3) is 0.308. The summed E-state index contributed by atoms with van der Waals surface area (Å²) in [5, 5.41) is 6.34. The van der Waals surface area contributed by atoms with Gasteiger partial charge in [-0.25, -0.2) is 4.79 Å². The molecule has 3 aromatic rings. The first kappa shape index (κ1) is 24.0. The maximum Gasteiger partial charge on any atom is 0.341 e. The monoisotopic (exact) mass is 477 g/mol. The van der Waals surface area contributed by atoms with Crippen molar-refractivity contribution in [2.45, 2.75) is 26.4 Å². The highest BCUT2D eigenvalue weighted by atomic mass is 16.5. The first-order chi connectivity index (χ1) is 16.8. The van der Waals surface area contributed by atoms with Crippen molar-refractivity contribution in [2.24, 2.45) is 11.8 Å². The summed E-state index contributed by atoms with van der Waals surface area (Å²) in [6, 6.07) is 11.9. The Hall–Kier alpha value is -4.14. The lowest BCUT2D eigenvalue weighted by Crippen LogP contribution is -2.30. The van der Waals surface area contributed by atoms with Gasteiger partial charge >= 0.3 is 5.97 Å². The van der Waals surface area contributed by atoms with E-state index in [4.69, 9.17) is 14.2 Å². The topological polar surface area (TPSA) is 116 Å². The molecule has 2 N–H and O–H groups in total. The number of anilines is 2. The predicted molar refractivity (Wildman–Crippen MR) is 131 cm³/mol. The predicted octanol–water partition coefficient (Wildman–Crippen LogP) is 4.03. The van der Waals surface area contributed by atoms with Gasteiger partial charge in [0.2, 0.25) is 5.91 Å². The minimum Gasteiger partial charge on any atom is -0.493 e. The molecule has 9 nitrogen and oxygen atoms in total. The summed E-state index contributed by atoms with van der Waals surface area (Å²) in [6.45, 7) is 3.46. The summed E-state index contributed by atoms with van der Waals surface area (Å²) in [7, 11) is 2.89. The molecule has 0 aliphatic heterocycles. The van der Waals surface area contributed by atoms with Gasteiger partial charge in [0.1, 0.15) is 0 Å². The van der Waals surface area contributed by atoms with Gasteiger partial charge in [-0.2, -0.15) is 0 Å². The molecule has 35 heavy (non-hydrogen) atoms. The van der Waals surface area contributed by atoms with Crippen LogP contribution in [-0.4, -0.2) is 43.1 Å². The molecule has 1 aliphatic carbocycles. The minimum absolute atomic E-state index is 0.0540. The second-order valence-electron chi connectivity index (χ2n) is 8.47. The molecule has 3 unspecified atom stereocenters. The van der Waals surface area contributed by atoms with Crippen LogP contribution in [0.5, 0.6) is 11.5 Å². The van der Waals surface area contributed by atoms with Crippen LogP contribution in [0, 0.1) is 11.8 Å². The van der Waals surface area contributed by atoms with Gasteiger partial charge < -0.3 is 24.8 Å². The molecule has 1 aliphatic rings. The van der Waals surface area contributed by atoms with Crippen molar-refractivity contribution in [3.63, 3.8) is 0 Å². The summed E-state index contributed by atoms with van der Waals surface area (Å²) in [5.74, 6) is -0.657. The number of hydrogen-bond donors (Lipinski definition) is 2. The Balaban J connectivity index is 1.53. The summed E-state index contributed by atoms with van der Waals surface area (Å²) in [5.41, 5.74) is 1.56. The van der Waals surface area contributed by atoms with Crippen LogP contribution >= 0.6 is 0 Å².